The monoisotopic (exact) mass is 366 g/mol. The predicted octanol–water partition coefficient (Wildman–Crippen LogP) is 1.91. The second-order valence-corrected chi connectivity index (χ2v) is 9.26. The zero-order valence-corrected chi connectivity index (χ0v) is 15.0. The fourth-order valence-electron chi connectivity index (χ4n) is 3.63. The van der Waals surface area contributed by atoms with Crippen molar-refractivity contribution < 1.29 is 23.1 Å². The Balaban J connectivity index is 1.77. The summed E-state index contributed by atoms with van der Waals surface area (Å²) in [6, 6.07) is 6.66. The number of benzene rings is 1. The van der Waals surface area contributed by atoms with E-state index in [2.05, 4.69) is 5.32 Å². The lowest BCUT2D eigenvalue weighted by molar-refractivity contribution is -0.140. The van der Waals surface area contributed by atoms with Gasteiger partial charge in [-0.1, -0.05) is 19.9 Å². The highest BCUT2D eigenvalue weighted by Gasteiger charge is 2.65. The number of rotatable bonds is 4. The minimum absolute atomic E-state index is 0.125. The van der Waals surface area contributed by atoms with Gasteiger partial charge in [0.25, 0.3) is 0 Å². The fraction of sp³-hybridized carbons (Fsp3) is 0.529. The molecule has 0 radical (unpaired) electrons. The van der Waals surface area contributed by atoms with Crippen LogP contribution in [0.3, 0.4) is 0 Å². The van der Waals surface area contributed by atoms with E-state index in [0.717, 1.165) is 6.42 Å². The molecule has 0 spiro atoms. The van der Waals surface area contributed by atoms with Crippen molar-refractivity contribution in [3.05, 3.63) is 24.3 Å². The zero-order chi connectivity index (χ0) is 18.4. The first-order valence-electron chi connectivity index (χ1n) is 8.29. The van der Waals surface area contributed by atoms with Gasteiger partial charge >= 0.3 is 5.97 Å². The van der Waals surface area contributed by atoms with Crippen LogP contribution < -0.4 is 9.62 Å². The molecule has 1 aromatic carbocycles. The maximum absolute atomic E-state index is 12.4. The number of nitrogens with one attached hydrogen (secondary N) is 1. The lowest BCUT2D eigenvalue weighted by Gasteiger charge is -2.28. The third-order valence-electron chi connectivity index (χ3n) is 5.13. The number of carbonyl (C=O) groups is 2. The molecule has 25 heavy (non-hydrogen) atoms. The number of carboxylic acids is 1. The molecule has 1 aliphatic carbocycles. The smallest absolute Gasteiger partial charge is 0.307 e. The minimum Gasteiger partial charge on any atom is -0.481 e. The van der Waals surface area contributed by atoms with Crippen molar-refractivity contribution in [2.45, 2.75) is 26.7 Å². The van der Waals surface area contributed by atoms with Crippen LogP contribution in [0, 0.1) is 17.3 Å². The fourth-order valence-corrected chi connectivity index (χ4v) is 5.26. The van der Waals surface area contributed by atoms with E-state index in [1.807, 2.05) is 0 Å². The Morgan fingerprint density at radius 1 is 1.24 bits per heavy atom. The number of hydrogen-bond donors (Lipinski definition) is 2. The maximum atomic E-state index is 12.4. The minimum atomic E-state index is -3.32. The van der Waals surface area contributed by atoms with Crippen LogP contribution in [0.5, 0.6) is 0 Å². The van der Waals surface area contributed by atoms with Crippen molar-refractivity contribution in [3.63, 3.8) is 0 Å². The summed E-state index contributed by atoms with van der Waals surface area (Å²) in [5, 5.41) is 11.9. The lowest BCUT2D eigenvalue weighted by Crippen LogP contribution is -2.37. The molecular formula is C17H22N2O5S. The van der Waals surface area contributed by atoms with Gasteiger partial charge in [0, 0.05) is 12.2 Å². The summed E-state index contributed by atoms with van der Waals surface area (Å²) in [6.45, 7) is 3.94. The predicted molar refractivity (Wildman–Crippen MR) is 93.8 cm³/mol. The molecule has 136 valence electrons. The van der Waals surface area contributed by atoms with Crippen molar-refractivity contribution in [1.82, 2.24) is 0 Å². The molecule has 1 saturated heterocycles. The average Bonchev–Trinajstić information content (AvgIpc) is 3.10. The quantitative estimate of drug-likeness (QED) is 0.847. The highest BCUT2D eigenvalue weighted by atomic mass is 32.2. The van der Waals surface area contributed by atoms with Crippen LogP contribution in [0.1, 0.15) is 26.7 Å². The van der Waals surface area contributed by atoms with Gasteiger partial charge in [-0.3, -0.25) is 13.9 Å². The molecule has 8 heteroatoms. The number of carbonyl (C=O) groups excluding carboxylic acids is 1. The number of anilines is 2. The number of amides is 1. The molecule has 2 aliphatic rings. The molecule has 2 N–H and O–H groups in total. The Kier molecular flexibility index (Phi) is 4.26. The van der Waals surface area contributed by atoms with Gasteiger partial charge in [-0.2, -0.15) is 0 Å². The first kappa shape index (κ1) is 17.7. The van der Waals surface area contributed by atoms with E-state index in [0.29, 0.717) is 24.3 Å². The summed E-state index contributed by atoms with van der Waals surface area (Å²) < 4.78 is 25.8. The molecule has 3 rings (SSSR count). The molecule has 2 atom stereocenters. The molecule has 0 bridgehead atoms. The van der Waals surface area contributed by atoms with Gasteiger partial charge in [0.2, 0.25) is 15.9 Å². The summed E-state index contributed by atoms with van der Waals surface area (Å²) in [5.74, 6) is -2.49. The SMILES string of the molecule is CC1(C)C(C(=O)O)C1C(=O)Nc1cccc(N2CCCCS2(=O)=O)c1. The van der Waals surface area contributed by atoms with E-state index in [9.17, 15) is 23.1 Å². The van der Waals surface area contributed by atoms with E-state index < -0.39 is 33.2 Å². The standard InChI is InChI=1S/C17H22N2O5S/c1-17(2)13(14(17)16(21)22)15(20)18-11-6-5-7-12(10-11)19-8-3-4-9-25(19,23)24/h5-7,10,13-14H,3-4,8-9H2,1-2H3,(H,18,20)(H,21,22). The number of hydrogen-bond acceptors (Lipinski definition) is 4. The lowest BCUT2D eigenvalue weighted by atomic mass is 10.1. The van der Waals surface area contributed by atoms with E-state index >= 15 is 0 Å². The zero-order valence-electron chi connectivity index (χ0n) is 14.2. The Labute approximate surface area is 147 Å². The number of sulfonamides is 1. The van der Waals surface area contributed by atoms with Crippen LogP contribution in [0.15, 0.2) is 24.3 Å². The van der Waals surface area contributed by atoms with Gasteiger partial charge in [0.05, 0.1) is 23.3 Å². The maximum Gasteiger partial charge on any atom is 0.307 e. The largest absolute Gasteiger partial charge is 0.481 e. The molecular weight excluding hydrogens is 344 g/mol. The second kappa shape index (κ2) is 6.01. The summed E-state index contributed by atoms with van der Waals surface area (Å²) in [6.07, 6.45) is 1.45. The molecule has 1 aliphatic heterocycles. The Hall–Kier alpha value is -2.09. The van der Waals surface area contributed by atoms with Crippen molar-refractivity contribution in [1.29, 1.82) is 0 Å². The summed E-state index contributed by atoms with van der Waals surface area (Å²) in [5.41, 5.74) is 0.404. The second-order valence-electron chi connectivity index (χ2n) is 7.25. The third kappa shape index (κ3) is 3.22. The molecule has 0 aromatic heterocycles. The number of carboxylic acid groups (broad SMARTS) is 1. The van der Waals surface area contributed by atoms with Gasteiger partial charge in [-0.05, 0) is 36.5 Å². The van der Waals surface area contributed by atoms with Gasteiger partial charge in [0.15, 0.2) is 0 Å². The van der Waals surface area contributed by atoms with Gasteiger partial charge in [-0.15, -0.1) is 0 Å². The first-order valence-corrected chi connectivity index (χ1v) is 9.89. The Morgan fingerprint density at radius 2 is 1.96 bits per heavy atom. The van der Waals surface area contributed by atoms with Crippen LogP contribution in [-0.4, -0.2) is 37.7 Å². The first-order chi connectivity index (χ1) is 11.6. The normalized spacial score (nSPS) is 26.7. The molecule has 2 fully saturated rings. The van der Waals surface area contributed by atoms with Gasteiger partial charge in [-0.25, -0.2) is 8.42 Å². The van der Waals surface area contributed by atoms with Crippen LogP contribution in [0.2, 0.25) is 0 Å². The highest BCUT2D eigenvalue weighted by Crippen LogP contribution is 2.58. The summed E-state index contributed by atoms with van der Waals surface area (Å²) in [4.78, 5) is 23.6. The molecule has 2 unspecified atom stereocenters. The van der Waals surface area contributed by atoms with Crippen molar-refractivity contribution >= 4 is 33.3 Å². The molecule has 1 amide bonds. The molecule has 7 nitrogen and oxygen atoms in total. The van der Waals surface area contributed by atoms with E-state index in [-0.39, 0.29) is 11.7 Å². The van der Waals surface area contributed by atoms with Crippen LogP contribution in [-0.2, 0) is 19.6 Å². The highest BCUT2D eigenvalue weighted by molar-refractivity contribution is 7.92. The van der Waals surface area contributed by atoms with Crippen LogP contribution in [0.4, 0.5) is 11.4 Å². The summed E-state index contributed by atoms with van der Waals surface area (Å²) in [7, 11) is -3.32. The van der Waals surface area contributed by atoms with E-state index in [4.69, 9.17) is 0 Å². The van der Waals surface area contributed by atoms with Crippen LogP contribution >= 0.6 is 0 Å². The van der Waals surface area contributed by atoms with Crippen molar-refractivity contribution in [2.75, 3.05) is 21.9 Å². The average molecular weight is 366 g/mol. The Morgan fingerprint density at radius 3 is 2.56 bits per heavy atom. The van der Waals surface area contributed by atoms with Gasteiger partial charge in [0.1, 0.15) is 0 Å². The van der Waals surface area contributed by atoms with E-state index in [1.165, 1.54) is 4.31 Å². The topological polar surface area (TPSA) is 104 Å². The van der Waals surface area contributed by atoms with Crippen molar-refractivity contribution in [2.24, 2.45) is 17.3 Å². The number of aliphatic carboxylic acids is 1. The summed E-state index contributed by atoms with van der Waals surface area (Å²) >= 11 is 0. The number of nitrogens with zero attached hydrogens (tertiary/aromatic N) is 1. The Bertz CT molecular complexity index is 818. The molecule has 1 saturated carbocycles. The van der Waals surface area contributed by atoms with E-state index in [1.54, 1.807) is 38.1 Å². The van der Waals surface area contributed by atoms with Gasteiger partial charge < -0.3 is 10.4 Å². The third-order valence-corrected chi connectivity index (χ3v) is 7.00. The molecule has 1 aromatic rings. The van der Waals surface area contributed by atoms with Crippen LogP contribution in [0.25, 0.3) is 0 Å². The molecule has 1 heterocycles. The van der Waals surface area contributed by atoms with Crippen molar-refractivity contribution in [3.8, 4) is 0 Å².